The lowest BCUT2D eigenvalue weighted by atomic mass is 9.98. The number of carbonyl (C=O) groups excluding carboxylic acids is 1. The fourth-order valence-electron chi connectivity index (χ4n) is 3.82. The number of ether oxygens (including phenoxy) is 2. The first-order chi connectivity index (χ1) is 15.9. The van der Waals surface area contributed by atoms with E-state index in [1.54, 1.807) is 6.07 Å². The van der Waals surface area contributed by atoms with E-state index in [1.807, 2.05) is 36.4 Å². The quantitative estimate of drug-likeness (QED) is 0.390. The summed E-state index contributed by atoms with van der Waals surface area (Å²) in [5, 5.41) is 2.62. The third-order valence-corrected chi connectivity index (χ3v) is 5.20. The summed E-state index contributed by atoms with van der Waals surface area (Å²) in [5.74, 6) is 4.99. The Bertz CT molecular complexity index is 1170. The van der Waals surface area contributed by atoms with Crippen molar-refractivity contribution >= 4 is 6.09 Å². The van der Waals surface area contributed by atoms with Crippen molar-refractivity contribution in [3.05, 3.63) is 89.5 Å². The molecule has 0 aromatic heterocycles. The molecule has 0 atom stereocenters. The van der Waals surface area contributed by atoms with Crippen LogP contribution in [0.1, 0.15) is 29.0 Å². The highest BCUT2D eigenvalue weighted by Gasteiger charge is 2.32. The first kappa shape index (κ1) is 22.3. The van der Waals surface area contributed by atoms with Crippen molar-refractivity contribution < 1.29 is 27.4 Å². The molecule has 0 bridgehead atoms. The van der Waals surface area contributed by atoms with E-state index < -0.39 is 12.5 Å². The molecule has 1 N–H and O–H groups in total. The molecule has 1 aliphatic carbocycles. The fourth-order valence-corrected chi connectivity index (χ4v) is 3.82. The van der Waals surface area contributed by atoms with E-state index in [1.165, 1.54) is 18.2 Å². The van der Waals surface area contributed by atoms with Gasteiger partial charge >= 0.3 is 12.5 Å². The summed E-state index contributed by atoms with van der Waals surface area (Å²) in [5.41, 5.74) is 4.66. The van der Waals surface area contributed by atoms with Gasteiger partial charge in [-0.15, -0.1) is 13.2 Å². The second kappa shape index (κ2) is 9.70. The normalized spacial score (nSPS) is 12.2. The Labute approximate surface area is 189 Å². The van der Waals surface area contributed by atoms with Gasteiger partial charge in [-0.2, -0.15) is 0 Å². The summed E-state index contributed by atoms with van der Waals surface area (Å²) in [6.45, 7) is 0.402. The molecule has 3 aromatic rings. The number of benzene rings is 3. The standard InChI is InChI=1S/C26H20F3NO3/c27-26(28,29)33-24-15-6-1-9-18(24)10-7-8-16-30-25(31)32-17-23-21-13-4-2-11-19(21)20-12-3-5-14-22(20)23/h1-6,9,11-15,23H,8,16-17H2,(H,30,31). The number of alkyl halides is 3. The van der Waals surface area contributed by atoms with Crippen LogP contribution in [-0.4, -0.2) is 25.6 Å². The Kier molecular flexibility index (Phi) is 6.55. The molecule has 0 radical (unpaired) electrons. The number of fused-ring (bicyclic) bond motifs is 3. The smallest absolute Gasteiger partial charge is 0.449 e. The van der Waals surface area contributed by atoms with Gasteiger partial charge in [0.2, 0.25) is 0 Å². The van der Waals surface area contributed by atoms with Crippen LogP contribution in [0.25, 0.3) is 11.1 Å². The predicted octanol–water partition coefficient (Wildman–Crippen LogP) is 5.87. The molecule has 168 valence electrons. The van der Waals surface area contributed by atoms with Crippen LogP contribution in [0.5, 0.6) is 5.75 Å². The summed E-state index contributed by atoms with van der Waals surface area (Å²) in [6.07, 6.45) is -5.12. The maximum absolute atomic E-state index is 12.5. The van der Waals surface area contributed by atoms with Crippen LogP contribution in [-0.2, 0) is 4.74 Å². The number of halogens is 3. The lowest BCUT2D eigenvalue weighted by molar-refractivity contribution is -0.274. The Morgan fingerprint density at radius 3 is 2.18 bits per heavy atom. The van der Waals surface area contributed by atoms with E-state index in [0.29, 0.717) is 0 Å². The molecule has 0 heterocycles. The first-order valence-electron chi connectivity index (χ1n) is 10.3. The number of rotatable bonds is 5. The van der Waals surface area contributed by atoms with Gasteiger partial charge in [-0.25, -0.2) is 4.79 Å². The third-order valence-electron chi connectivity index (χ3n) is 5.20. The Hall–Kier alpha value is -3.92. The molecule has 3 aromatic carbocycles. The van der Waals surface area contributed by atoms with Crippen molar-refractivity contribution in [1.29, 1.82) is 0 Å². The van der Waals surface area contributed by atoms with Gasteiger partial charge in [0.1, 0.15) is 12.4 Å². The average molecular weight is 451 g/mol. The van der Waals surface area contributed by atoms with E-state index in [4.69, 9.17) is 4.74 Å². The minimum atomic E-state index is -4.79. The molecule has 4 rings (SSSR count). The zero-order valence-electron chi connectivity index (χ0n) is 17.5. The molecule has 1 amide bonds. The molecule has 0 aliphatic heterocycles. The van der Waals surface area contributed by atoms with Crippen molar-refractivity contribution in [3.63, 3.8) is 0 Å². The first-order valence-corrected chi connectivity index (χ1v) is 10.3. The summed E-state index contributed by atoms with van der Waals surface area (Å²) in [4.78, 5) is 12.1. The van der Waals surface area contributed by atoms with Gasteiger partial charge in [-0.1, -0.05) is 72.5 Å². The topological polar surface area (TPSA) is 47.6 Å². The molecule has 0 unspecified atom stereocenters. The predicted molar refractivity (Wildman–Crippen MR) is 118 cm³/mol. The van der Waals surface area contributed by atoms with Crippen LogP contribution >= 0.6 is 0 Å². The van der Waals surface area contributed by atoms with Crippen LogP contribution in [0, 0.1) is 11.8 Å². The molecule has 7 heteroatoms. The number of carbonyl (C=O) groups is 1. The Morgan fingerprint density at radius 2 is 1.52 bits per heavy atom. The Balaban J connectivity index is 1.29. The van der Waals surface area contributed by atoms with Crippen molar-refractivity contribution in [1.82, 2.24) is 5.32 Å². The van der Waals surface area contributed by atoms with Crippen LogP contribution in [0.3, 0.4) is 0 Å². The maximum atomic E-state index is 12.5. The molecule has 0 spiro atoms. The van der Waals surface area contributed by atoms with Crippen molar-refractivity contribution in [2.75, 3.05) is 13.2 Å². The van der Waals surface area contributed by atoms with Gasteiger partial charge in [0.25, 0.3) is 0 Å². The van der Waals surface area contributed by atoms with Crippen LogP contribution in [0.4, 0.5) is 18.0 Å². The maximum Gasteiger partial charge on any atom is 0.573 e. The molecule has 0 saturated heterocycles. The summed E-state index contributed by atoms with van der Waals surface area (Å²) in [7, 11) is 0. The van der Waals surface area contributed by atoms with Crippen molar-refractivity contribution in [2.45, 2.75) is 18.7 Å². The lowest BCUT2D eigenvalue weighted by Crippen LogP contribution is -2.26. The lowest BCUT2D eigenvalue weighted by Gasteiger charge is -2.14. The number of amides is 1. The molecule has 4 nitrogen and oxygen atoms in total. The van der Waals surface area contributed by atoms with Crippen LogP contribution in [0.15, 0.2) is 72.8 Å². The van der Waals surface area contributed by atoms with Gasteiger partial charge in [-0.3, -0.25) is 0 Å². The van der Waals surface area contributed by atoms with Gasteiger partial charge in [0.05, 0.1) is 5.56 Å². The second-order valence-electron chi connectivity index (χ2n) is 7.35. The molecule has 33 heavy (non-hydrogen) atoms. The monoisotopic (exact) mass is 451 g/mol. The largest absolute Gasteiger partial charge is 0.573 e. The van der Waals surface area contributed by atoms with E-state index in [2.05, 4.69) is 34.0 Å². The number of alkyl carbamates (subject to hydrolysis) is 1. The van der Waals surface area contributed by atoms with E-state index >= 15 is 0 Å². The number of hydrogen-bond acceptors (Lipinski definition) is 3. The van der Waals surface area contributed by atoms with Gasteiger partial charge in [0, 0.05) is 18.9 Å². The summed E-state index contributed by atoms with van der Waals surface area (Å²) in [6, 6.07) is 21.7. The van der Waals surface area contributed by atoms with E-state index in [-0.39, 0.29) is 36.8 Å². The van der Waals surface area contributed by atoms with E-state index in [0.717, 1.165) is 22.3 Å². The highest BCUT2D eigenvalue weighted by atomic mass is 19.4. The zero-order valence-corrected chi connectivity index (χ0v) is 17.5. The van der Waals surface area contributed by atoms with Crippen LogP contribution < -0.4 is 10.1 Å². The summed E-state index contributed by atoms with van der Waals surface area (Å²) < 4.78 is 46.8. The molecular weight excluding hydrogens is 431 g/mol. The second-order valence-corrected chi connectivity index (χ2v) is 7.35. The SMILES string of the molecule is O=C(NCCC#Cc1ccccc1OC(F)(F)F)OCC1c2ccccc2-c2ccccc21. The number of nitrogens with one attached hydrogen (secondary N) is 1. The molecule has 1 aliphatic rings. The highest BCUT2D eigenvalue weighted by Crippen LogP contribution is 2.44. The highest BCUT2D eigenvalue weighted by molar-refractivity contribution is 5.79. The number of para-hydroxylation sites is 1. The summed E-state index contributed by atoms with van der Waals surface area (Å²) >= 11 is 0. The molecular formula is C26H20F3NO3. The Morgan fingerprint density at radius 1 is 0.909 bits per heavy atom. The molecule has 0 saturated carbocycles. The fraction of sp³-hybridized carbons (Fsp3) is 0.192. The van der Waals surface area contributed by atoms with Crippen molar-refractivity contribution in [2.24, 2.45) is 0 Å². The van der Waals surface area contributed by atoms with Gasteiger partial charge in [0.15, 0.2) is 0 Å². The van der Waals surface area contributed by atoms with E-state index in [9.17, 15) is 18.0 Å². The van der Waals surface area contributed by atoms with Gasteiger partial charge in [-0.05, 0) is 34.4 Å². The average Bonchev–Trinajstić information content (AvgIpc) is 3.11. The minimum absolute atomic E-state index is 0.0342. The minimum Gasteiger partial charge on any atom is -0.449 e. The van der Waals surface area contributed by atoms with Gasteiger partial charge < -0.3 is 14.8 Å². The number of hydrogen-bond donors (Lipinski definition) is 1. The van der Waals surface area contributed by atoms with Crippen molar-refractivity contribution in [3.8, 4) is 28.7 Å². The molecule has 0 fully saturated rings. The van der Waals surface area contributed by atoms with Crippen LogP contribution in [0.2, 0.25) is 0 Å². The zero-order chi connectivity index (χ0) is 23.3. The third kappa shape index (κ3) is 5.47.